The minimum atomic E-state index is -0.998. The number of ether oxygens (including phenoxy) is 2. The van der Waals surface area contributed by atoms with Gasteiger partial charge in [0.15, 0.2) is 11.4 Å². The van der Waals surface area contributed by atoms with Gasteiger partial charge in [0.25, 0.3) is 11.8 Å². The molecule has 2 amide bonds. The van der Waals surface area contributed by atoms with Crippen LogP contribution in [0.3, 0.4) is 0 Å². The van der Waals surface area contributed by atoms with E-state index in [0.29, 0.717) is 37.3 Å². The molecule has 16 heteroatoms. The van der Waals surface area contributed by atoms with Crippen LogP contribution in [0.25, 0.3) is 22.5 Å². The second-order valence-electron chi connectivity index (χ2n) is 20.1. The number of aliphatic hydroxyl groups is 2. The van der Waals surface area contributed by atoms with E-state index in [0.717, 1.165) is 100 Å². The smallest absolute Gasteiger partial charge is 0.275 e. The largest absolute Gasteiger partial charge is 0.385 e. The lowest BCUT2D eigenvalue weighted by Crippen LogP contribution is -2.54. The summed E-state index contributed by atoms with van der Waals surface area (Å²) in [7, 11) is 3.25. The van der Waals surface area contributed by atoms with Crippen LogP contribution in [0.1, 0.15) is 95.6 Å². The van der Waals surface area contributed by atoms with Gasteiger partial charge in [0, 0.05) is 76.7 Å². The number of amides is 2. The molecule has 4 aromatic carbocycles. The number of piperazine rings is 2. The van der Waals surface area contributed by atoms with E-state index < -0.39 is 11.2 Å². The summed E-state index contributed by atoms with van der Waals surface area (Å²) in [5.74, 6) is -0.109. The third kappa shape index (κ3) is 12.6. The van der Waals surface area contributed by atoms with Crippen molar-refractivity contribution in [1.29, 1.82) is 0 Å². The van der Waals surface area contributed by atoms with E-state index in [2.05, 4.69) is 34.9 Å². The fourth-order valence-corrected chi connectivity index (χ4v) is 11.8. The van der Waals surface area contributed by atoms with Crippen LogP contribution in [-0.4, -0.2) is 141 Å². The summed E-state index contributed by atoms with van der Waals surface area (Å²) in [5.41, 5.74) is 4.74. The number of hydrogen-bond donors (Lipinski definition) is 4. The summed E-state index contributed by atoms with van der Waals surface area (Å²) in [5, 5.41) is 30.1. The maximum atomic E-state index is 14.1. The topological polar surface area (TPSA) is 159 Å². The highest BCUT2D eigenvalue weighted by Gasteiger charge is 2.44. The van der Waals surface area contributed by atoms with Crippen LogP contribution in [0.15, 0.2) is 134 Å². The standard InChI is InChI=1S/2C29H36N4O3.2ClH/c2*1-36-20-29(35)15-9-8-14-25(29)33-21-31-26(27(33)23-12-6-3-7-13-23)28(34)32-17-16-30-19-24(32)18-22-10-4-2-5-11-22;;/h2*2-7,10-13,21,24-25,30,35H,8-9,14-20H2,1H3;2*1H/t24-,25+,29+;24-,25-,29-;;/m11../s1. The SMILES string of the molecule is COC[C@@]1(O)CCCC[C@@H]1n1cnc(C(=O)N2CCNC[C@H]2Cc2ccccc2)c1-c1ccccc1.COC[C@]1(O)CCCC[C@H]1n1cnc(C(=O)N2CCNC[C@H]2Cc2ccccc2)c1-c1ccccc1.Cl.Cl. The fraction of sp³-hybridized carbons (Fsp3) is 0.448. The number of halogens is 2. The Morgan fingerprint density at radius 1 is 0.568 bits per heavy atom. The third-order valence-corrected chi connectivity index (χ3v) is 15.3. The predicted octanol–water partition coefficient (Wildman–Crippen LogP) is 8.24. The Kier molecular flexibility index (Phi) is 20.1. The summed E-state index contributed by atoms with van der Waals surface area (Å²) >= 11 is 0. The lowest BCUT2D eigenvalue weighted by atomic mass is 9.80. The summed E-state index contributed by atoms with van der Waals surface area (Å²) in [6.45, 7) is 4.79. The second kappa shape index (κ2) is 26.4. The first-order valence-corrected chi connectivity index (χ1v) is 26.0. The van der Waals surface area contributed by atoms with E-state index in [1.54, 1.807) is 26.9 Å². The first-order valence-electron chi connectivity index (χ1n) is 26.0. The molecule has 396 valence electrons. The first kappa shape index (κ1) is 56.3. The van der Waals surface area contributed by atoms with Gasteiger partial charge < -0.3 is 49.3 Å². The Labute approximate surface area is 448 Å². The molecule has 74 heavy (non-hydrogen) atoms. The Balaban J connectivity index is 0.000000211. The van der Waals surface area contributed by atoms with E-state index in [9.17, 15) is 19.8 Å². The molecule has 0 spiro atoms. The van der Waals surface area contributed by atoms with Gasteiger partial charge in [-0.15, -0.1) is 24.8 Å². The zero-order valence-electron chi connectivity index (χ0n) is 42.8. The molecule has 0 bridgehead atoms. The van der Waals surface area contributed by atoms with Gasteiger partial charge in [-0.25, -0.2) is 9.97 Å². The van der Waals surface area contributed by atoms with Crippen molar-refractivity contribution in [2.24, 2.45) is 0 Å². The molecule has 14 nitrogen and oxygen atoms in total. The zero-order valence-corrected chi connectivity index (χ0v) is 44.4. The molecular weight excluding hydrogens is 976 g/mol. The van der Waals surface area contributed by atoms with Crippen LogP contribution < -0.4 is 10.6 Å². The number of carbonyl (C=O) groups excluding carboxylic acids is 2. The van der Waals surface area contributed by atoms with Gasteiger partial charge in [0.2, 0.25) is 0 Å². The van der Waals surface area contributed by atoms with Crippen LogP contribution in [0.2, 0.25) is 0 Å². The molecule has 10 rings (SSSR count). The number of methoxy groups -OCH3 is 2. The normalized spacial score (nSPS) is 23.9. The molecule has 6 aromatic rings. The quantitative estimate of drug-likeness (QED) is 0.0838. The molecule has 6 atom stereocenters. The molecule has 0 radical (unpaired) electrons. The third-order valence-electron chi connectivity index (χ3n) is 15.3. The second-order valence-corrected chi connectivity index (χ2v) is 20.1. The van der Waals surface area contributed by atoms with Crippen LogP contribution in [0, 0.1) is 0 Å². The summed E-state index contributed by atoms with van der Waals surface area (Å²) in [4.78, 5) is 41.6. The number of hydrogen-bond acceptors (Lipinski definition) is 10. The van der Waals surface area contributed by atoms with E-state index >= 15 is 0 Å². The van der Waals surface area contributed by atoms with Gasteiger partial charge in [0.05, 0.1) is 49.3 Å². The van der Waals surface area contributed by atoms with Gasteiger partial charge in [0.1, 0.15) is 11.2 Å². The molecule has 0 unspecified atom stereocenters. The first-order chi connectivity index (χ1) is 35.2. The monoisotopic (exact) mass is 1050 g/mol. The minimum Gasteiger partial charge on any atom is -0.385 e. The van der Waals surface area contributed by atoms with E-state index in [-0.39, 0.29) is 74.0 Å². The molecular formula is C58H74Cl2N8O6. The van der Waals surface area contributed by atoms with Crippen LogP contribution in [0.5, 0.6) is 0 Å². The van der Waals surface area contributed by atoms with E-state index in [1.807, 2.05) is 116 Å². The summed E-state index contributed by atoms with van der Waals surface area (Å²) in [6.07, 6.45) is 12.0. The highest BCUT2D eigenvalue weighted by atomic mass is 35.5. The Hall–Kier alpha value is -5.42. The predicted molar refractivity (Wildman–Crippen MR) is 294 cm³/mol. The number of carbonyl (C=O) groups is 2. The van der Waals surface area contributed by atoms with E-state index in [1.165, 1.54) is 11.1 Å². The molecule has 2 aromatic heterocycles. The van der Waals surface area contributed by atoms with Gasteiger partial charge in [-0.3, -0.25) is 9.59 Å². The van der Waals surface area contributed by atoms with Crippen molar-refractivity contribution in [2.45, 2.75) is 99.6 Å². The van der Waals surface area contributed by atoms with Crippen molar-refractivity contribution in [3.8, 4) is 22.5 Å². The van der Waals surface area contributed by atoms with Gasteiger partial charge in [-0.1, -0.05) is 147 Å². The van der Waals surface area contributed by atoms with Crippen LogP contribution in [0.4, 0.5) is 0 Å². The molecule has 4 N–H and O–H groups in total. The zero-order chi connectivity index (χ0) is 49.9. The number of nitrogens with one attached hydrogen (secondary N) is 2. The average molecular weight is 1050 g/mol. The number of rotatable bonds is 14. The summed E-state index contributed by atoms with van der Waals surface area (Å²) in [6, 6.07) is 40.2. The maximum Gasteiger partial charge on any atom is 0.275 e. The molecule has 2 aliphatic heterocycles. The molecule has 4 fully saturated rings. The van der Waals surface area contributed by atoms with Gasteiger partial charge in [-0.2, -0.15) is 0 Å². The van der Waals surface area contributed by atoms with E-state index in [4.69, 9.17) is 19.4 Å². The maximum absolute atomic E-state index is 14.1. The summed E-state index contributed by atoms with van der Waals surface area (Å²) < 4.78 is 14.9. The Bertz CT molecular complexity index is 2490. The van der Waals surface area contributed by atoms with Gasteiger partial charge >= 0.3 is 0 Å². The number of aromatic nitrogens is 4. The van der Waals surface area contributed by atoms with Gasteiger partial charge in [-0.05, 0) is 49.7 Å². The molecule has 4 aliphatic rings. The molecule has 4 heterocycles. The fourth-order valence-electron chi connectivity index (χ4n) is 11.8. The minimum absolute atomic E-state index is 0. The average Bonchev–Trinajstić information content (AvgIpc) is 4.06. The van der Waals surface area contributed by atoms with Crippen molar-refractivity contribution in [2.75, 3.05) is 66.7 Å². The molecule has 2 aliphatic carbocycles. The lowest BCUT2D eigenvalue weighted by Gasteiger charge is -2.41. The highest BCUT2D eigenvalue weighted by Crippen LogP contribution is 2.43. The van der Waals surface area contributed by atoms with Crippen molar-refractivity contribution in [3.63, 3.8) is 0 Å². The van der Waals surface area contributed by atoms with Crippen molar-refractivity contribution >= 4 is 36.6 Å². The number of nitrogens with zero attached hydrogens (tertiary/aromatic N) is 6. The Morgan fingerprint density at radius 2 is 0.932 bits per heavy atom. The van der Waals surface area contributed by atoms with Crippen molar-refractivity contribution < 1.29 is 29.3 Å². The van der Waals surface area contributed by atoms with Crippen molar-refractivity contribution in [3.05, 3.63) is 156 Å². The van der Waals surface area contributed by atoms with Crippen molar-refractivity contribution in [1.82, 2.24) is 39.5 Å². The Morgan fingerprint density at radius 3 is 1.30 bits per heavy atom. The number of imidazole rings is 2. The number of benzene rings is 4. The lowest BCUT2D eigenvalue weighted by molar-refractivity contribution is -0.0894. The molecule has 2 saturated heterocycles. The van der Waals surface area contributed by atoms with Crippen LogP contribution >= 0.6 is 24.8 Å². The molecule has 2 saturated carbocycles. The van der Waals surface area contributed by atoms with Crippen LogP contribution in [-0.2, 0) is 22.3 Å². The highest BCUT2D eigenvalue weighted by molar-refractivity contribution is 5.99.